The van der Waals surface area contributed by atoms with E-state index in [1.807, 2.05) is 0 Å². The van der Waals surface area contributed by atoms with Crippen LogP contribution in [0.3, 0.4) is 0 Å². The SMILES string of the molecule is OCCOCC[N+]1(CCOCCO)CCCC1. The molecule has 2 N–H and O–H groups in total. The molecule has 0 bridgehead atoms. The molecule has 0 amide bonds. The molecule has 1 fully saturated rings. The minimum Gasteiger partial charge on any atom is -0.394 e. The molecular weight excluding hydrogens is 222 g/mol. The van der Waals surface area contributed by atoms with E-state index in [-0.39, 0.29) is 13.2 Å². The highest BCUT2D eigenvalue weighted by molar-refractivity contribution is 4.55. The van der Waals surface area contributed by atoms with Crippen LogP contribution in [0, 0.1) is 0 Å². The van der Waals surface area contributed by atoms with Gasteiger partial charge in [-0.25, -0.2) is 0 Å². The fraction of sp³-hybridized carbons (Fsp3) is 1.00. The van der Waals surface area contributed by atoms with Gasteiger partial charge < -0.3 is 24.2 Å². The van der Waals surface area contributed by atoms with E-state index >= 15 is 0 Å². The summed E-state index contributed by atoms with van der Waals surface area (Å²) >= 11 is 0. The molecule has 1 aliphatic rings. The third-order valence-corrected chi connectivity index (χ3v) is 3.41. The van der Waals surface area contributed by atoms with Gasteiger partial charge in [0.05, 0.1) is 52.7 Å². The van der Waals surface area contributed by atoms with Crippen molar-refractivity contribution in [3.63, 3.8) is 0 Å². The molecule has 0 aromatic carbocycles. The van der Waals surface area contributed by atoms with E-state index in [1.165, 1.54) is 25.9 Å². The maximum absolute atomic E-state index is 8.65. The highest BCUT2D eigenvalue weighted by Gasteiger charge is 2.31. The third-order valence-electron chi connectivity index (χ3n) is 3.41. The minimum absolute atomic E-state index is 0.0968. The maximum atomic E-state index is 8.65. The van der Waals surface area contributed by atoms with Gasteiger partial charge in [0.2, 0.25) is 0 Å². The largest absolute Gasteiger partial charge is 0.394 e. The zero-order valence-electron chi connectivity index (χ0n) is 10.6. The fourth-order valence-electron chi connectivity index (χ4n) is 2.41. The minimum atomic E-state index is 0.0968. The van der Waals surface area contributed by atoms with Gasteiger partial charge in [0, 0.05) is 12.8 Å². The van der Waals surface area contributed by atoms with E-state index < -0.39 is 0 Å². The second kappa shape index (κ2) is 8.83. The Balaban J connectivity index is 2.19. The van der Waals surface area contributed by atoms with Gasteiger partial charge in [-0.2, -0.15) is 0 Å². The van der Waals surface area contributed by atoms with E-state index in [0.717, 1.165) is 17.6 Å². The summed E-state index contributed by atoms with van der Waals surface area (Å²) < 4.78 is 11.8. The summed E-state index contributed by atoms with van der Waals surface area (Å²) in [5.41, 5.74) is 0. The predicted octanol–water partition coefficient (Wildman–Crippen LogP) is -0.385. The second-order valence-corrected chi connectivity index (χ2v) is 4.62. The normalized spacial score (nSPS) is 18.7. The molecule has 0 aromatic rings. The van der Waals surface area contributed by atoms with Crippen LogP contribution in [0.2, 0.25) is 0 Å². The van der Waals surface area contributed by atoms with Crippen molar-refractivity contribution in [1.29, 1.82) is 0 Å². The van der Waals surface area contributed by atoms with E-state index in [0.29, 0.717) is 26.4 Å². The van der Waals surface area contributed by atoms with Crippen LogP contribution >= 0.6 is 0 Å². The number of likely N-dealkylation sites (tertiary alicyclic amines) is 1. The second-order valence-electron chi connectivity index (χ2n) is 4.62. The van der Waals surface area contributed by atoms with Crippen molar-refractivity contribution in [3.05, 3.63) is 0 Å². The number of nitrogens with zero attached hydrogens (tertiary/aromatic N) is 1. The monoisotopic (exact) mass is 248 g/mol. The van der Waals surface area contributed by atoms with Crippen molar-refractivity contribution in [1.82, 2.24) is 0 Å². The average Bonchev–Trinajstić information content (AvgIpc) is 2.80. The summed E-state index contributed by atoms with van der Waals surface area (Å²) in [6.07, 6.45) is 2.56. The maximum Gasteiger partial charge on any atom is 0.102 e. The van der Waals surface area contributed by atoms with Crippen LogP contribution in [-0.4, -0.2) is 80.5 Å². The van der Waals surface area contributed by atoms with Crippen LogP contribution in [0.5, 0.6) is 0 Å². The van der Waals surface area contributed by atoms with Crippen molar-refractivity contribution in [2.75, 3.05) is 65.8 Å². The number of rotatable bonds is 10. The molecule has 5 heteroatoms. The summed E-state index contributed by atoms with van der Waals surface area (Å²) in [6, 6.07) is 0. The smallest absolute Gasteiger partial charge is 0.102 e. The van der Waals surface area contributed by atoms with Gasteiger partial charge in [-0.05, 0) is 0 Å². The standard InChI is InChI=1S/C12H26NO4/c14-7-11-16-9-5-13(3-1-2-4-13)6-10-17-12-8-15/h14-15H,1-12H2/q+1. The number of aliphatic hydroxyl groups is 2. The van der Waals surface area contributed by atoms with Gasteiger partial charge in [0.15, 0.2) is 0 Å². The summed E-state index contributed by atoms with van der Waals surface area (Å²) in [7, 11) is 0. The summed E-state index contributed by atoms with van der Waals surface area (Å²) in [6.45, 7) is 6.88. The lowest BCUT2D eigenvalue weighted by Gasteiger charge is -2.34. The first-order chi connectivity index (χ1) is 8.33. The zero-order chi connectivity index (χ0) is 12.4. The molecule has 0 unspecified atom stereocenters. The molecule has 0 atom stereocenters. The summed E-state index contributed by atoms with van der Waals surface area (Å²) in [5, 5.41) is 17.3. The highest BCUT2D eigenvalue weighted by Crippen LogP contribution is 2.18. The Labute approximate surface area is 104 Å². The van der Waals surface area contributed by atoms with E-state index in [2.05, 4.69) is 0 Å². The third kappa shape index (κ3) is 5.79. The van der Waals surface area contributed by atoms with Crippen LogP contribution in [-0.2, 0) is 9.47 Å². The van der Waals surface area contributed by atoms with Crippen molar-refractivity contribution in [2.24, 2.45) is 0 Å². The molecule has 0 saturated carbocycles. The number of quaternary nitrogens is 1. The van der Waals surface area contributed by atoms with Crippen LogP contribution in [0.4, 0.5) is 0 Å². The topological polar surface area (TPSA) is 58.9 Å². The summed E-state index contributed by atoms with van der Waals surface area (Å²) in [5.74, 6) is 0. The molecule has 17 heavy (non-hydrogen) atoms. The Morgan fingerprint density at radius 3 is 1.65 bits per heavy atom. The molecule has 0 aliphatic carbocycles. The van der Waals surface area contributed by atoms with Gasteiger partial charge in [-0.15, -0.1) is 0 Å². The first kappa shape index (κ1) is 14.9. The molecular formula is C12H26NO4+. The Bertz CT molecular complexity index is 169. The first-order valence-electron chi connectivity index (χ1n) is 6.55. The summed E-state index contributed by atoms with van der Waals surface area (Å²) in [4.78, 5) is 0. The van der Waals surface area contributed by atoms with E-state index in [4.69, 9.17) is 19.7 Å². The van der Waals surface area contributed by atoms with Crippen LogP contribution in [0.25, 0.3) is 0 Å². The lowest BCUT2D eigenvalue weighted by Crippen LogP contribution is -2.49. The van der Waals surface area contributed by atoms with E-state index in [9.17, 15) is 0 Å². The molecule has 1 saturated heterocycles. The zero-order valence-corrected chi connectivity index (χ0v) is 10.6. The van der Waals surface area contributed by atoms with Crippen LogP contribution in [0.15, 0.2) is 0 Å². The lowest BCUT2D eigenvalue weighted by atomic mass is 10.4. The molecule has 0 radical (unpaired) electrons. The average molecular weight is 248 g/mol. The lowest BCUT2D eigenvalue weighted by molar-refractivity contribution is -0.917. The first-order valence-corrected chi connectivity index (χ1v) is 6.55. The Hall–Kier alpha value is -0.200. The van der Waals surface area contributed by atoms with Crippen molar-refractivity contribution in [3.8, 4) is 0 Å². The van der Waals surface area contributed by atoms with E-state index in [1.54, 1.807) is 0 Å². The molecule has 0 spiro atoms. The Kier molecular flexibility index (Phi) is 7.72. The quantitative estimate of drug-likeness (QED) is 0.408. The van der Waals surface area contributed by atoms with Gasteiger partial charge >= 0.3 is 0 Å². The highest BCUT2D eigenvalue weighted by atomic mass is 16.5. The molecule has 1 rings (SSSR count). The molecule has 1 aliphatic heterocycles. The molecule has 0 aromatic heterocycles. The van der Waals surface area contributed by atoms with Gasteiger partial charge in [-0.3, -0.25) is 0 Å². The van der Waals surface area contributed by atoms with Crippen LogP contribution in [0.1, 0.15) is 12.8 Å². The van der Waals surface area contributed by atoms with Crippen LogP contribution < -0.4 is 0 Å². The number of hydrogen-bond donors (Lipinski definition) is 2. The van der Waals surface area contributed by atoms with Crippen molar-refractivity contribution >= 4 is 0 Å². The molecule has 5 nitrogen and oxygen atoms in total. The molecule has 1 heterocycles. The fourth-order valence-corrected chi connectivity index (χ4v) is 2.41. The van der Waals surface area contributed by atoms with Gasteiger partial charge in [-0.1, -0.05) is 0 Å². The Morgan fingerprint density at radius 1 is 0.765 bits per heavy atom. The van der Waals surface area contributed by atoms with Gasteiger partial charge in [0.1, 0.15) is 13.1 Å². The van der Waals surface area contributed by atoms with Crippen molar-refractivity contribution < 1.29 is 24.2 Å². The van der Waals surface area contributed by atoms with Gasteiger partial charge in [0.25, 0.3) is 0 Å². The number of ether oxygens (including phenoxy) is 2. The molecule has 102 valence electrons. The number of hydrogen-bond acceptors (Lipinski definition) is 4. The van der Waals surface area contributed by atoms with Crippen molar-refractivity contribution in [2.45, 2.75) is 12.8 Å². The number of aliphatic hydroxyl groups excluding tert-OH is 2. The predicted molar refractivity (Wildman–Crippen MR) is 64.8 cm³/mol. The Morgan fingerprint density at radius 2 is 1.24 bits per heavy atom.